The molecule has 2 unspecified atom stereocenters. The summed E-state index contributed by atoms with van der Waals surface area (Å²) in [6, 6.07) is 1.61. The molecule has 0 saturated carbocycles. The molecule has 4 aliphatic rings. The van der Waals surface area contributed by atoms with Crippen LogP contribution in [0.25, 0.3) is 0 Å². The molecule has 26 heavy (non-hydrogen) atoms. The summed E-state index contributed by atoms with van der Waals surface area (Å²) in [6.07, 6.45) is 15.1. The summed E-state index contributed by atoms with van der Waals surface area (Å²) in [5.74, 6) is 0. The predicted octanol–water partition coefficient (Wildman–Crippen LogP) is 2.82. The van der Waals surface area contributed by atoms with Gasteiger partial charge in [0.15, 0.2) is 0 Å². The van der Waals surface area contributed by atoms with E-state index in [1.807, 2.05) is 0 Å². The molecule has 0 bridgehead atoms. The molecule has 5 nitrogen and oxygen atoms in total. The molecule has 0 spiro atoms. The highest BCUT2D eigenvalue weighted by molar-refractivity contribution is 4.83. The maximum atomic E-state index is 6.10. The molecule has 4 rings (SSSR count). The first-order valence-corrected chi connectivity index (χ1v) is 11.5. The van der Waals surface area contributed by atoms with E-state index in [-0.39, 0.29) is 6.23 Å². The minimum atomic E-state index is 0.276. The summed E-state index contributed by atoms with van der Waals surface area (Å²) in [5, 5.41) is 2.43. The van der Waals surface area contributed by atoms with Gasteiger partial charge in [0.05, 0.1) is 0 Å². The van der Waals surface area contributed by atoms with Crippen LogP contribution in [-0.2, 0) is 4.74 Å². The molecular weight excluding hydrogens is 324 g/mol. The molecular formula is C21H40N4O. The minimum Gasteiger partial charge on any atom is -0.362 e. The van der Waals surface area contributed by atoms with Gasteiger partial charge in [-0.3, -0.25) is 0 Å². The highest BCUT2D eigenvalue weighted by Gasteiger charge is 2.33. The minimum absolute atomic E-state index is 0.276. The second kappa shape index (κ2) is 9.83. The van der Waals surface area contributed by atoms with E-state index >= 15 is 0 Å². The molecule has 4 saturated heterocycles. The third kappa shape index (κ3) is 5.20. The molecule has 0 radical (unpaired) electrons. The van der Waals surface area contributed by atoms with Crippen molar-refractivity contribution < 1.29 is 4.74 Å². The van der Waals surface area contributed by atoms with Crippen LogP contribution in [0.4, 0.5) is 0 Å². The lowest BCUT2D eigenvalue weighted by Gasteiger charge is -2.40. The molecule has 5 heteroatoms. The highest BCUT2D eigenvalue weighted by atomic mass is 16.5. The van der Waals surface area contributed by atoms with E-state index in [1.165, 1.54) is 110 Å². The molecule has 4 aliphatic heterocycles. The van der Waals surface area contributed by atoms with Crippen molar-refractivity contribution in [3.63, 3.8) is 0 Å². The van der Waals surface area contributed by atoms with Gasteiger partial charge in [0.1, 0.15) is 6.23 Å². The number of rotatable bonds is 7. The van der Waals surface area contributed by atoms with Crippen LogP contribution in [0.2, 0.25) is 0 Å². The van der Waals surface area contributed by atoms with Crippen LogP contribution in [0.5, 0.6) is 0 Å². The van der Waals surface area contributed by atoms with Crippen LogP contribution in [-0.4, -0.2) is 79.0 Å². The summed E-state index contributed by atoms with van der Waals surface area (Å²) < 4.78 is 6.10. The third-order valence-electron chi connectivity index (χ3n) is 7.07. The zero-order valence-electron chi connectivity index (χ0n) is 16.7. The van der Waals surface area contributed by atoms with Crippen molar-refractivity contribution in [2.75, 3.05) is 45.9 Å². The second-order valence-electron chi connectivity index (χ2n) is 8.94. The Morgan fingerprint density at radius 3 is 2.38 bits per heavy atom. The fourth-order valence-electron chi connectivity index (χ4n) is 5.46. The van der Waals surface area contributed by atoms with E-state index in [0.717, 1.165) is 18.7 Å². The standard InChI is InChI=1S/C21H40N4O/c1-3-12-24(13-4-1)19-9-15-23(16-10-19)11-6-7-17-26-21-18-20-8-2-5-14-25(20)22-21/h19-22H,1-18H2. The SMILES string of the molecule is C1CCN(C2CCN(CCCCOC3CC4CCCCN4N3)CC2)CC1. The van der Waals surface area contributed by atoms with Crippen molar-refractivity contribution in [2.45, 2.75) is 88.9 Å². The molecule has 0 aromatic rings. The first-order chi connectivity index (χ1) is 12.9. The molecule has 4 fully saturated rings. The lowest BCUT2D eigenvalue weighted by Crippen LogP contribution is -2.46. The number of fused-ring (bicyclic) bond motifs is 1. The maximum absolute atomic E-state index is 6.10. The van der Waals surface area contributed by atoms with Crippen LogP contribution in [0.1, 0.15) is 70.6 Å². The number of hydrazine groups is 1. The van der Waals surface area contributed by atoms with E-state index in [1.54, 1.807) is 0 Å². The number of ether oxygens (including phenoxy) is 1. The fraction of sp³-hybridized carbons (Fsp3) is 1.00. The molecule has 0 aromatic carbocycles. The van der Waals surface area contributed by atoms with Crippen LogP contribution in [0, 0.1) is 0 Å². The second-order valence-corrected chi connectivity index (χ2v) is 8.94. The largest absolute Gasteiger partial charge is 0.362 e. The molecule has 150 valence electrons. The van der Waals surface area contributed by atoms with Gasteiger partial charge >= 0.3 is 0 Å². The molecule has 2 atom stereocenters. The van der Waals surface area contributed by atoms with Gasteiger partial charge in [0.25, 0.3) is 0 Å². The van der Waals surface area contributed by atoms with Crippen LogP contribution < -0.4 is 5.43 Å². The number of nitrogens with zero attached hydrogens (tertiary/aromatic N) is 3. The Kier molecular flexibility index (Phi) is 7.23. The Morgan fingerprint density at radius 1 is 0.769 bits per heavy atom. The van der Waals surface area contributed by atoms with Gasteiger partial charge in [0.2, 0.25) is 0 Å². The average molecular weight is 365 g/mol. The molecule has 0 amide bonds. The Balaban J connectivity index is 1.04. The van der Waals surface area contributed by atoms with E-state index in [9.17, 15) is 0 Å². The lowest BCUT2D eigenvalue weighted by atomic mass is 10.00. The van der Waals surface area contributed by atoms with Crippen molar-refractivity contribution in [2.24, 2.45) is 0 Å². The van der Waals surface area contributed by atoms with E-state index in [2.05, 4.69) is 20.2 Å². The first-order valence-electron chi connectivity index (χ1n) is 11.5. The molecule has 1 N–H and O–H groups in total. The number of likely N-dealkylation sites (tertiary alicyclic amines) is 2. The molecule has 0 aromatic heterocycles. The first kappa shape index (κ1) is 19.1. The average Bonchev–Trinajstić information content (AvgIpc) is 3.12. The zero-order valence-corrected chi connectivity index (χ0v) is 16.7. The maximum Gasteiger partial charge on any atom is 0.122 e. The van der Waals surface area contributed by atoms with Crippen molar-refractivity contribution in [3.05, 3.63) is 0 Å². The van der Waals surface area contributed by atoms with Crippen molar-refractivity contribution in [1.29, 1.82) is 0 Å². The number of hydrogen-bond donors (Lipinski definition) is 1. The monoisotopic (exact) mass is 364 g/mol. The van der Waals surface area contributed by atoms with E-state index in [0.29, 0.717) is 0 Å². The summed E-state index contributed by atoms with van der Waals surface area (Å²) in [6.45, 7) is 8.72. The van der Waals surface area contributed by atoms with Crippen molar-refractivity contribution in [1.82, 2.24) is 20.2 Å². The van der Waals surface area contributed by atoms with E-state index < -0.39 is 0 Å². The summed E-state index contributed by atoms with van der Waals surface area (Å²) in [5.41, 5.74) is 3.57. The topological polar surface area (TPSA) is 31.0 Å². The number of unbranched alkanes of at least 4 members (excludes halogenated alkanes) is 1. The number of piperidine rings is 3. The van der Waals surface area contributed by atoms with Gasteiger partial charge in [0, 0.05) is 31.7 Å². The Bertz CT molecular complexity index is 393. The van der Waals surface area contributed by atoms with E-state index in [4.69, 9.17) is 4.74 Å². The van der Waals surface area contributed by atoms with Gasteiger partial charge in [-0.05, 0) is 84.1 Å². The predicted molar refractivity (Wildman–Crippen MR) is 106 cm³/mol. The van der Waals surface area contributed by atoms with Gasteiger partial charge in [-0.1, -0.05) is 12.8 Å². The van der Waals surface area contributed by atoms with Gasteiger partial charge in [-0.15, -0.1) is 0 Å². The molecule has 4 heterocycles. The van der Waals surface area contributed by atoms with Crippen molar-refractivity contribution in [3.8, 4) is 0 Å². The third-order valence-corrected chi connectivity index (χ3v) is 7.07. The number of nitrogens with one attached hydrogen (secondary N) is 1. The Labute approximate surface area is 160 Å². The highest BCUT2D eigenvalue weighted by Crippen LogP contribution is 2.25. The molecule has 0 aliphatic carbocycles. The summed E-state index contributed by atoms with van der Waals surface area (Å²) >= 11 is 0. The van der Waals surface area contributed by atoms with Crippen LogP contribution in [0.3, 0.4) is 0 Å². The van der Waals surface area contributed by atoms with Gasteiger partial charge in [-0.25, -0.2) is 10.4 Å². The Hall–Kier alpha value is -0.200. The van der Waals surface area contributed by atoms with Crippen molar-refractivity contribution >= 4 is 0 Å². The smallest absolute Gasteiger partial charge is 0.122 e. The quantitative estimate of drug-likeness (QED) is 0.702. The van der Waals surface area contributed by atoms with Gasteiger partial charge in [-0.2, -0.15) is 0 Å². The van der Waals surface area contributed by atoms with Gasteiger partial charge < -0.3 is 14.5 Å². The lowest BCUT2D eigenvalue weighted by molar-refractivity contribution is 0.0120. The number of hydrogen-bond acceptors (Lipinski definition) is 5. The van der Waals surface area contributed by atoms with Crippen LogP contribution in [0.15, 0.2) is 0 Å². The zero-order chi connectivity index (χ0) is 17.6. The fourth-order valence-corrected chi connectivity index (χ4v) is 5.46. The summed E-state index contributed by atoms with van der Waals surface area (Å²) in [4.78, 5) is 5.46. The Morgan fingerprint density at radius 2 is 1.58 bits per heavy atom. The normalized spacial score (nSPS) is 32.8. The van der Waals surface area contributed by atoms with Crippen LogP contribution >= 0.6 is 0 Å². The summed E-state index contributed by atoms with van der Waals surface area (Å²) in [7, 11) is 0.